The van der Waals surface area contributed by atoms with Gasteiger partial charge in [-0.25, -0.2) is 24.1 Å². The van der Waals surface area contributed by atoms with Crippen molar-refractivity contribution in [2.45, 2.75) is 39.2 Å². The minimum Gasteiger partial charge on any atom is -0.427 e. The van der Waals surface area contributed by atoms with E-state index < -0.39 is 17.6 Å². The van der Waals surface area contributed by atoms with Gasteiger partial charge in [0.2, 0.25) is 0 Å². The Kier molecular flexibility index (Phi) is 7.21. The SMILES string of the molecule is CN(CC1CCN(OC(=O)OC(C)(C)C)CC1)c1cc(Nc2ccc(F)cn2)ncn1. The summed E-state index contributed by atoms with van der Waals surface area (Å²) in [6.45, 7) is 7.54. The lowest BCUT2D eigenvalue weighted by atomic mass is 9.97. The Labute approximate surface area is 181 Å². The summed E-state index contributed by atoms with van der Waals surface area (Å²) in [5.74, 6) is 1.90. The van der Waals surface area contributed by atoms with Crippen LogP contribution in [-0.2, 0) is 9.57 Å². The van der Waals surface area contributed by atoms with E-state index in [0.717, 1.165) is 31.4 Å². The third-order valence-electron chi connectivity index (χ3n) is 4.73. The van der Waals surface area contributed by atoms with Gasteiger partial charge in [-0.3, -0.25) is 0 Å². The number of nitrogens with one attached hydrogen (secondary N) is 1. The monoisotopic (exact) mass is 432 g/mol. The molecule has 1 aliphatic heterocycles. The lowest BCUT2D eigenvalue weighted by molar-refractivity contribution is -0.154. The van der Waals surface area contributed by atoms with Crippen molar-refractivity contribution < 1.29 is 18.8 Å². The highest BCUT2D eigenvalue weighted by atomic mass is 19.1. The first-order valence-electron chi connectivity index (χ1n) is 10.3. The molecule has 0 bridgehead atoms. The first-order chi connectivity index (χ1) is 14.7. The molecular weight excluding hydrogens is 403 g/mol. The first kappa shape index (κ1) is 22.7. The van der Waals surface area contributed by atoms with Gasteiger partial charge < -0.3 is 19.8 Å². The Morgan fingerprint density at radius 3 is 2.61 bits per heavy atom. The molecule has 0 unspecified atom stereocenters. The van der Waals surface area contributed by atoms with Crippen molar-refractivity contribution in [3.63, 3.8) is 0 Å². The zero-order valence-electron chi connectivity index (χ0n) is 18.3. The third-order valence-corrected chi connectivity index (χ3v) is 4.73. The largest absolute Gasteiger partial charge is 0.528 e. The number of aromatic nitrogens is 3. The Morgan fingerprint density at radius 1 is 1.23 bits per heavy atom. The molecule has 168 valence electrons. The standard InChI is InChI=1S/C21H29FN6O3/c1-21(2,3)30-20(29)31-28-9-7-15(8-10-28)13-27(4)19-11-18(24-14-25-19)26-17-6-5-16(22)12-23-17/h5-6,11-12,14-15H,7-10,13H2,1-4H3,(H,23,24,25,26). The summed E-state index contributed by atoms with van der Waals surface area (Å²) < 4.78 is 18.2. The highest BCUT2D eigenvalue weighted by Gasteiger charge is 2.26. The molecule has 0 saturated carbocycles. The van der Waals surface area contributed by atoms with E-state index in [1.807, 2.05) is 13.1 Å². The maximum Gasteiger partial charge on any atom is 0.528 e. The fourth-order valence-electron chi connectivity index (χ4n) is 3.24. The second-order valence-electron chi connectivity index (χ2n) is 8.56. The van der Waals surface area contributed by atoms with Crippen molar-refractivity contribution in [1.82, 2.24) is 20.0 Å². The molecule has 0 aliphatic carbocycles. The van der Waals surface area contributed by atoms with Gasteiger partial charge in [0, 0.05) is 32.7 Å². The number of nitrogens with zero attached hydrogens (tertiary/aromatic N) is 5. The molecule has 3 rings (SSSR count). The van der Waals surface area contributed by atoms with Crippen LogP contribution < -0.4 is 10.2 Å². The van der Waals surface area contributed by atoms with Crippen LogP contribution in [-0.4, -0.2) is 58.5 Å². The summed E-state index contributed by atoms with van der Waals surface area (Å²) in [6.07, 6.45) is 3.75. The second-order valence-corrected chi connectivity index (χ2v) is 8.56. The van der Waals surface area contributed by atoms with E-state index in [4.69, 9.17) is 9.57 Å². The summed E-state index contributed by atoms with van der Waals surface area (Å²) in [5.41, 5.74) is -0.573. The van der Waals surface area contributed by atoms with Gasteiger partial charge in [-0.2, -0.15) is 0 Å². The maximum absolute atomic E-state index is 13.0. The molecule has 10 heteroatoms. The van der Waals surface area contributed by atoms with Gasteiger partial charge >= 0.3 is 6.16 Å². The topological polar surface area (TPSA) is 92.7 Å². The predicted molar refractivity (Wildman–Crippen MR) is 114 cm³/mol. The summed E-state index contributed by atoms with van der Waals surface area (Å²) >= 11 is 0. The molecule has 2 aromatic rings. The van der Waals surface area contributed by atoms with E-state index in [2.05, 4.69) is 25.2 Å². The Hall–Kier alpha value is -3.01. The van der Waals surface area contributed by atoms with Crippen molar-refractivity contribution in [2.24, 2.45) is 5.92 Å². The van der Waals surface area contributed by atoms with Crippen molar-refractivity contribution >= 4 is 23.6 Å². The number of pyridine rings is 1. The summed E-state index contributed by atoms with van der Waals surface area (Å²) in [7, 11) is 1.98. The minimum absolute atomic E-state index is 0.392. The number of carbonyl (C=O) groups is 1. The number of hydroxylamine groups is 2. The Balaban J connectivity index is 1.48. The van der Waals surface area contributed by atoms with E-state index in [1.54, 1.807) is 31.9 Å². The van der Waals surface area contributed by atoms with Crippen molar-refractivity contribution in [3.8, 4) is 0 Å². The van der Waals surface area contributed by atoms with Gasteiger partial charge in [-0.1, -0.05) is 0 Å². The molecule has 1 fully saturated rings. The van der Waals surface area contributed by atoms with Crippen LogP contribution in [0.1, 0.15) is 33.6 Å². The average Bonchev–Trinajstić information content (AvgIpc) is 2.70. The van der Waals surface area contributed by atoms with Crippen LogP contribution in [0.25, 0.3) is 0 Å². The van der Waals surface area contributed by atoms with Crippen molar-refractivity contribution in [2.75, 3.05) is 36.9 Å². The number of piperidine rings is 1. The Morgan fingerprint density at radius 2 is 1.97 bits per heavy atom. The molecule has 2 aromatic heterocycles. The molecule has 3 heterocycles. The van der Waals surface area contributed by atoms with E-state index in [9.17, 15) is 9.18 Å². The fraction of sp³-hybridized carbons (Fsp3) is 0.524. The van der Waals surface area contributed by atoms with E-state index in [-0.39, 0.29) is 0 Å². The van der Waals surface area contributed by atoms with Crippen LogP contribution in [0.4, 0.5) is 26.6 Å². The third kappa shape index (κ3) is 7.32. The number of carbonyl (C=O) groups excluding carboxylic acids is 1. The summed E-state index contributed by atoms with van der Waals surface area (Å²) in [6, 6.07) is 4.71. The number of ether oxygens (including phenoxy) is 1. The molecule has 31 heavy (non-hydrogen) atoms. The van der Waals surface area contributed by atoms with E-state index in [1.165, 1.54) is 12.4 Å². The molecule has 9 nitrogen and oxygen atoms in total. The van der Waals surface area contributed by atoms with Crippen LogP contribution in [0, 0.1) is 11.7 Å². The predicted octanol–water partition coefficient (Wildman–Crippen LogP) is 3.77. The molecule has 1 aliphatic rings. The maximum atomic E-state index is 13.0. The van der Waals surface area contributed by atoms with Crippen LogP contribution >= 0.6 is 0 Å². The number of hydrogen-bond donors (Lipinski definition) is 1. The minimum atomic E-state index is -0.667. The summed E-state index contributed by atoms with van der Waals surface area (Å²) in [5, 5.41) is 4.71. The van der Waals surface area contributed by atoms with E-state index in [0.29, 0.717) is 30.6 Å². The second kappa shape index (κ2) is 9.86. The zero-order valence-corrected chi connectivity index (χ0v) is 18.3. The number of rotatable bonds is 6. The van der Waals surface area contributed by atoms with Gasteiger partial charge in [0.25, 0.3) is 0 Å². The van der Waals surface area contributed by atoms with Gasteiger partial charge in [-0.15, -0.1) is 5.06 Å². The molecular formula is C21H29FN6O3. The van der Waals surface area contributed by atoms with Crippen molar-refractivity contribution in [1.29, 1.82) is 0 Å². The number of anilines is 3. The van der Waals surface area contributed by atoms with Crippen LogP contribution in [0.2, 0.25) is 0 Å². The quantitative estimate of drug-likeness (QED) is 0.685. The number of hydrogen-bond acceptors (Lipinski definition) is 9. The zero-order chi connectivity index (χ0) is 22.4. The molecule has 0 amide bonds. The van der Waals surface area contributed by atoms with E-state index >= 15 is 0 Å². The van der Waals surface area contributed by atoms with Crippen LogP contribution in [0.5, 0.6) is 0 Å². The van der Waals surface area contributed by atoms with Gasteiger partial charge in [0.1, 0.15) is 35.2 Å². The fourth-order valence-corrected chi connectivity index (χ4v) is 3.24. The van der Waals surface area contributed by atoms with Gasteiger partial charge in [0.05, 0.1) is 6.20 Å². The molecule has 1 N–H and O–H groups in total. The Bertz CT molecular complexity index is 866. The number of halogens is 1. The van der Waals surface area contributed by atoms with Crippen molar-refractivity contribution in [3.05, 3.63) is 36.5 Å². The highest BCUT2D eigenvalue weighted by Crippen LogP contribution is 2.22. The molecule has 0 radical (unpaired) electrons. The van der Waals surface area contributed by atoms with Gasteiger partial charge in [0.15, 0.2) is 0 Å². The average molecular weight is 433 g/mol. The molecule has 0 atom stereocenters. The smallest absolute Gasteiger partial charge is 0.427 e. The van der Waals surface area contributed by atoms with Crippen LogP contribution in [0.15, 0.2) is 30.7 Å². The molecule has 1 saturated heterocycles. The highest BCUT2D eigenvalue weighted by molar-refractivity contribution is 5.60. The molecule has 0 aromatic carbocycles. The summed E-state index contributed by atoms with van der Waals surface area (Å²) in [4.78, 5) is 31.7. The first-order valence-corrected chi connectivity index (χ1v) is 10.3. The normalized spacial score (nSPS) is 15.4. The van der Waals surface area contributed by atoms with Gasteiger partial charge in [-0.05, 0) is 51.7 Å². The lowest BCUT2D eigenvalue weighted by Gasteiger charge is -2.33. The van der Waals surface area contributed by atoms with Crippen LogP contribution in [0.3, 0.4) is 0 Å². The molecule has 0 spiro atoms. The lowest BCUT2D eigenvalue weighted by Crippen LogP contribution is -2.40.